The maximum absolute atomic E-state index is 12.9. The van der Waals surface area contributed by atoms with Crippen LogP contribution >= 0.6 is 0 Å². The molecule has 4 heterocycles. The summed E-state index contributed by atoms with van der Waals surface area (Å²) in [5.41, 5.74) is 7.28. The van der Waals surface area contributed by atoms with E-state index in [2.05, 4.69) is 33.5 Å². The Morgan fingerprint density at radius 2 is 2.11 bits per heavy atom. The molecule has 7 rings (SSSR count). The number of benzene rings is 1. The molecule has 4 aromatic rings. The fourth-order valence-electron chi connectivity index (χ4n) is 6.57. The van der Waals surface area contributed by atoms with Gasteiger partial charge in [0.05, 0.1) is 30.5 Å². The van der Waals surface area contributed by atoms with Gasteiger partial charge in [0.15, 0.2) is 0 Å². The van der Waals surface area contributed by atoms with Gasteiger partial charge in [0.2, 0.25) is 5.91 Å². The average molecular weight is 513 g/mol. The van der Waals surface area contributed by atoms with E-state index in [1.165, 1.54) is 17.5 Å². The Morgan fingerprint density at radius 3 is 2.92 bits per heavy atom. The summed E-state index contributed by atoms with van der Waals surface area (Å²) >= 11 is 0. The molecule has 2 fully saturated rings. The summed E-state index contributed by atoms with van der Waals surface area (Å²) in [4.78, 5) is 19.9. The molecule has 38 heavy (non-hydrogen) atoms. The summed E-state index contributed by atoms with van der Waals surface area (Å²) < 4.78 is 7.70. The quantitative estimate of drug-likeness (QED) is 0.420. The van der Waals surface area contributed by atoms with Crippen LogP contribution in [0.4, 0.5) is 0 Å². The molecule has 1 atom stereocenters. The zero-order valence-electron chi connectivity index (χ0n) is 21.8. The summed E-state index contributed by atoms with van der Waals surface area (Å²) in [6.45, 7) is 3.15. The van der Waals surface area contributed by atoms with Crippen molar-refractivity contribution >= 4 is 16.9 Å². The van der Waals surface area contributed by atoms with Crippen molar-refractivity contribution in [1.29, 1.82) is 0 Å². The first kappa shape index (κ1) is 23.4. The molecule has 0 radical (unpaired) electrons. The van der Waals surface area contributed by atoms with E-state index in [4.69, 9.17) is 9.72 Å². The minimum absolute atomic E-state index is 0.0598. The summed E-state index contributed by atoms with van der Waals surface area (Å²) in [6.07, 6.45) is 9.13. The van der Waals surface area contributed by atoms with Gasteiger partial charge in [-0.3, -0.25) is 14.6 Å². The highest BCUT2D eigenvalue weighted by Gasteiger charge is 2.45. The standard InChI is InChI=1S/C29H32N6O3/c1-29(37)12-18(13-29)28(36)34-10-9-20(16-34)35-15-19(14-30-35)25-27-23(32-33-25)11-24(38-2)26(31-27)22-8-4-6-17-5-3-7-21(17)22/h4,6,8,11,14-15,18,20,37H,3,5,7,9-10,12-13,16H2,1-2H3,(H,32,33). The number of fused-ring (bicyclic) bond motifs is 2. The Balaban J connectivity index is 1.17. The molecule has 3 aromatic heterocycles. The molecule has 2 N–H and O–H groups in total. The highest BCUT2D eigenvalue weighted by Crippen LogP contribution is 2.40. The van der Waals surface area contributed by atoms with Crippen molar-refractivity contribution in [2.75, 3.05) is 20.2 Å². The fourth-order valence-corrected chi connectivity index (χ4v) is 6.57. The molecular formula is C29H32N6O3. The van der Waals surface area contributed by atoms with Gasteiger partial charge in [-0.1, -0.05) is 18.2 Å². The van der Waals surface area contributed by atoms with Gasteiger partial charge in [-0.25, -0.2) is 4.98 Å². The number of aromatic amines is 1. The molecule has 1 saturated heterocycles. The average Bonchev–Trinajstić information content (AvgIpc) is 3.70. The maximum atomic E-state index is 12.9. The molecule has 9 nitrogen and oxygen atoms in total. The van der Waals surface area contributed by atoms with Crippen molar-refractivity contribution in [3.63, 3.8) is 0 Å². The van der Waals surface area contributed by atoms with Crippen molar-refractivity contribution in [3.8, 4) is 28.3 Å². The topological polar surface area (TPSA) is 109 Å². The van der Waals surface area contributed by atoms with E-state index in [1.807, 2.05) is 28.0 Å². The molecule has 0 spiro atoms. The van der Waals surface area contributed by atoms with E-state index < -0.39 is 5.60 Å². The van der Waals surface area contributed by atoms with Gasteiger partial charge in [-0.15, -0.1) is 0 Å². The molecule has 0 bridgehead atoms. The Labute approximate surface area is 220 Å². The molecule has 3 aliphatic rings. The van der Waals surface area contributed by atoms with Gasteiger partial charge in [0.1, 0.15) is 22.7 Å². The third-order valence-electron chi connectivity index (χ3n) is 8.57. The van der Waals surface area contributed by atoms with Crippen LogP contribution < -0.4 is 4.74 Å². The predicted molar refractivity (Wildman–Crippen MR) is 143 cm³/mol. The van der Waals surface area contributed by atoms with Crippen molar-refractivity contribution in [1.82, 2.24) is 29.9 Å². The smallest absolute Gasteiger partial charge is 0.225 e. The molecule has 2 aliphatic carbocycles. The monoisotopic (exact) mass is 512 g/mol. The van der Waals surface area contributed by atoms with Crippen LogP contribution in [0.3, 0.4) is 0 Å². The number of pyridine rings is 1. The lowest BCUT2D eigenvalue weighted by Gasteiger charge is -2.41. The fraction of sp³-hybridized carbons (Fsp3) is 0.448. The number of H-pyrrole nitrogens is 1. The molecule has 9 heteroatoms. The summed E-state index contributed by atoms with van der Waals surface area (Å²) in [5, 5.41) is 22.4. The number of carbonyl (C=O) groups is 1. The second-order valence-corrected chi connectivity index (χ2v) is 11.3. The van der Waals surface area contributed by atoms with Crippen molar-refractivity contribution < 1.29 is 14.6 Å². The van der Waals surface area contributed by atoms with E-state index in [1.54, 1.807) is 14.0 Å². The number of ether oxygens (including phenoxy) is 1. The highest BCUT2D eigenvalue weighted by atomic mass is 16.5. The molecule has 1 unspecified atom stereocenters. The van der Waals surface area contributed by atoms with Crippen molar-refractivity contribution in [2.45, 2.75) is 57.1 Å². The third kappa shape index (κ3) is 3.79. The lowest BCUT2D eigenvalue weighted by molar-refractivity contribution is -0.148. The summed E-state index contributed by atoms with van der Waals surface area (Å²) in [7, 11) is 1.68. The molecule has 1 saturated carbocycles. The largest absolute Gasteiger partial charge is 0.494 e. The van der Waals surface area contributed by atoms with Crippen LogP contribution in [0.2, 0.25) is 0 Å². The zero-order valence-corrected chi connectivity index (χ0v) is 21.8. The molecule has 1 aromatic carbocycles. The number of hydrogen-bond donors (Lipinski definition) is 2. The molecule has 1 aliphatic heterocycles. The third-order valence-corrected chi connectivity index (χ3v) is 8.57. The summed E-state index contributed by atoms with van der Waals surface area (Å²) in [5.74, 6) is 0.825. The Morgan fingerprint density at radius 1 is 1.24 bits per heavy atom. The van der Waals surface area contributed by atoms with Crippen LogP contribution in [0.5, 0.6) is 5.75 Å². The first-order chi connectivity index (χ1) is 18.4. The van der Waals surface area contributed by atoms with Crippen LogP contribution in [-0.4, -0.2) is 66.7 Å². The van der Waals surface area contributed by atoms with Crippen molar-refractivity contribution in [3.05, 3.63) is 47.8 Å². The van der Waals surface area contributed by atoms with E-state index in [0.29, 0.717) is 19.4 Å². The number of aryl methyl sites for hydroxylation is 1. The number of likely N-dealkylation sites (tertiary alicyclic amines) is 1. The second-order valence-electron chi connectivity index (χ2n) is 11.3. The normalized spacial score (nSPS) is 24.6. The van der Waals surface area contributed by atoms with Gasteiger partial charge >= 0.3 is 0 Å². The minimum Gasteiger partial charge on any atom is -0.494 e. The first-order valence-electron chi connectivity index (χ1n) is 13.5. The lowest BCUT2D eigenvalue weighted by Crippen LogP contribution is -2.49. The van der Waals surface area contributed by atoms with Gasteiger partial charge in [-0.05, 0) is 56.6 Å². The number of rotatable bonds is 5. The van der Waals surface area contributed by atoms with Crippen LogP contribution in [0.25, 0.3) is 33.5 Å². The maximum Gasteiger partial charge on any atom is 0.225 e. The molecular weight excluding hydrogens is 480 g/mol. The van der Waals surface area contributed by atoms with Crippen LogP contribution in [0.1, 0.15) is 49.8 Å². The van der Waals surface area contributed by atoms with Crippen LogP contribution in [0, 0.1) is 5.92 Å². The predicted octanol–water partition coefficient (Wildman–Crippen LogP) is 3.92. The zero-order chi connectivity index (χ0) is 26.0. The van der Waals surface area contributed by atoms with E-state index in [0.717, 1.165) is 65.1 Å². The van der Waals surface area contributed by atoms with E-state index >= 15 is 0 Å². The van der Waals surface area contributed by atoms with Crippen molar-refractivity contribution in [2.24, 2.45) is 5.92 Å². The number of amides is 1. The Hall–Kier alpha value is -3.72. The van der Waals surface area contributed by atoms with E-state index in [9.17, 15) is 9.90 Å². The lowest BCUT2D eigenvalue weighted by atomic mass is 9.71. The van der Waals surface area contributed by atoms with Gasteiger partial charge in [0.25, 0.3) is 0 Å². The Bertz CT molecular complexity index is 1550. The highest BCUT2D eigenvalue weighted by molar-refractivity contribution is 5.93. The number of aliphatic hydroxyl groups is 1. The van der Waals surface area contributed by atoms with Crippen LogP contribution in [0.15, 0.2) is 36.7 Å². The summed E-state index contributed by atoms with van der Waals surface area (Å²) in [6, 6.07) is 8.55. The number of nitrogens with one attached hydrogen (secondary N) is 1. The van der Waals surface area contributed by atoms with Crippen LogP contribution in [-0.2, 0) is 17.6 Å². The minimum atomic E-state index is -0.693. The van der Waals surface area contributed by atoms with E-state index in [-0.39, 0.29) is 17.9 Å². The molecule has 1 amide bonds. The first-order valence-corrected chi connectivity index (χ1v) is 13.5. The SMILES string of the molecule is COc1cc2[nH]nc(-c3cnn(C4CCN(C(=O)C5CC(C)(O)C5)C4)c3)c2nc1-c1cccc2c1CCC2. The second kappa shape index (κ2) is 8.66. The number of hydrogen-bond acceptors (Lipinski definition) is 6. The van der Waals surface area contributed by atoms with Gasteiger partial charge < -0.3 is 14.7 Å². The van der Waals surface area contributed by atoms with Gasteiger partial charge in [-0.2, -0.15) is 10.2 Å². The number of carbonyl (C=O) groups excluding carboxylic acids is 1. The number of methoxy groups -OCH3 is 1. The number of nitrogens with zero attached hydrogens (tertiary/aromatic N) is 5. The van der Waals surface area contributed by atoms with Gasteiger partial charge in [0, 0.05) is 42.4 Å². The molecule has 196 valence electrons. The Kier molecular flexibility index (Phi) is 5.33. The number of aromatic nitrogens is 5.